The molecule has 11 nitrogen and oxygen atoms in total. The number of nitrogens with one attached hydrogen (secondary N) is 1. The van der Waals surface area contributed by atoms with Crippen molar-refractivity contribution in [3.05, 3.63) is 12.4 Å². The zero-order valence-electron chi connectivity index (χ0n) is 18.8. The SMILES string of the molecule is CN(C)C(=O)CN=C(NCCCN1CCOCC1)N1CCN(c2cnn(C)c2)C(=O)C1. The number of hydrogen-bond acceptors (Lipinski definition) is 6. The lowest BCUT2D eigenvalue weighted by Crippen LogP contribution is -2.55. The van der Waals surface area contributed by atoms with E-state index in [1.54, 1.807) is 29.9 Å². The first-order chi connectivity index (χ1) is 14.9. The molecular weight excluding hydrogens is 400 g/mol. The summed E-state index contributed by atoms with van der Waals surface area (Å²) in [5, 5.41) is 7.52. The van der Waals surface area contributed by atoms with Crippen LogP contribution in [0.4, 0.5) is 5.69 Å². The monoisotopic (exact) mass is 434 g/mol. The van der Waals surface area contributed by atoms with Crippen molar-refractivity contribution in [2.75, 3.05) is 84.6 Å². The molecule has 1 N–H and O–H groups in total. The molecule has 1 aromatic heterocycles. The minimum Gasteiger partial charge on any atom is -0.379 e. The van der Waals surface area contributed by atoms with Gasteiger partial charge in [0.25, 0.3) is 0 Å². The van der Waals surface area contributed by atoms with Crippen LogP contribution in [0.25, 0.3) is 0 Å². The molecule has 31 heavy (non-hydrogen) atoms. The highest BCUT2D eigenvalue weighted by molar-refractivity contribution is 5.98. The van der Waals surface area contributed by atoms with E-state index in [9.17, 15) is 9.59 Å². The summed E-state index contributed by atoms with van der Waals surface area (Å²) in [5.74, 6) is 0.519. The van der Waals surface area contributed by atoms with Crippen molar-refractivity contribution in [2.45, 2.75) is 6.42 Å². The van der Waals surface area contributed by atoms with E-state index in [2.05, 4.69) is 20.3 Å². The van der Waals surface area contributed by atoms with E-state index in [4.69, 9.17) is 4.74 Å². The Morgan fingerprint density at radius 2 is 2.03 bits per heavy atom. The molecule has 0 aromatic carbocycles. The zero-order valence-corrected chi connectivity index (χ0v) is 18.8. The first kappa shape index (κ1) is 23.0. The molecule has 11 heteroatoms. The number of amides is 2. The van der Waals surface area contributed by atoms with Gasteiger partial charge in [-0.25, -0.2) is 4.99 Å². The van der Waals surface area contributed by atoms with E-state index >= 15 is 0 Å². The normalized spacial score (nSPS) is 18.4. The molecule has 2 aliphatic rings. The number of nitrogens with zero attached hydrogens (tertiary/aromatic N) is 7. The number of ether oxygens (including phenoxy) is 1. The number of aliphatic imine (C=N–C) groups is 1. The van der Waals surface area contributed by atoms with Crippen LogP contribution in [0.1, 0.15) is 6.42 Å². The minimum atomic E-state index is -0.0760. The second-order valence-corrected chi connectivity index (χ2v) is 8.00. The lowest BCUT2D eigenvalue weighted by Gasteiger charge is -2.35. The van der Waals surface area contributed by atoms with Crippen LogP contribution in [0, 0.1) is 0 Å². The highest BCUT2D eigenvalue weighted by Crippen LogP contribution is 2.16. The van der Waals surface area contributed by atoms with Gasteiger partial charge in [0.2, 0.25) is 11.8 Å². The number of carbonyl (C=O) groups excluding carboxylic acids is 2. The van der Waals surface area contributed by atoms with Gasteiger partial charge in [0.1, 0.15) is 13.1 Å². The summed E-state index contributed by atoms with van der Waals surface area (Å²) in [4.78, 5) is 36.9. The van der Waals surface area contributed by atoms with Crippen molar-refractivity contribution >= 4 is 23.5 Å². The minimum absolute atomic E-state index is 0.0130. The van der Waals surface area contributed by atoms with Gasteiger partial charge in [0, 0.05) is 60.1 Å². The lowest BCUT2D eigenvalue weighted by molar-refractivity contribution is -0.127. The Balaban J connectivity index is 1.57. The number of aromatic nitrogens is 2. The Bertz CT molecular complexity index is 772. The zero-order chi connectivity index (χ0) is 22.2. The van der Waals surface area contributed by atoms with Crippen LogP contribution in [-0.4, -0.2) is 122 Å². The molecule has 0 spiro atoms. The van der Waals surface area contributed by atoms with Crippen molar-refractivity contribution in [2.24, 2.45) is 12.0 Å². The van der Waals surface area contributed by atoms with Crippen LogP contribution in [0.5, 0.6) is 0 Å². The van der Waals surface area contributed by atoms with E-state index < -0.39 is 0 Å². The molecule has 0 unspecified atom stereocenters. The van der Waals surface area contributed by atoms with Crippen molar-refractivity contribution in [3.8, 4) is 0 Å². The lowest BCUT2D eigenvalue weighted by atomic mass is 10.3. The molecule has 2 aliphatic heterocycles. The number of rotatable bonds is 7. The standard InChI is InChI=1S/C20H34N8O3/c1-24(2)18(29)14-22-20(21-5-4-6-26-9-11-31-12-10-26)27-7-8-28(19(30)16-27)17-13-23-25(3)15-17/h13,15H,4-12,14,16H2,1-3H3,(H,21,22). The highest BCUT2D eigenvalue weighted by Gasteiger charge is 2.28. The van der Waals surface area contributed by atoms with Crippen molar-refractivity contribution < 1.29 is 14.3 Å². The average Bonchev–Trinajstić information content (AvgIpc) is 3.19. The maximum absolute atomic E-state index is 12.8. The van der Waals surface area contributed by atoms with Gasteiger partial charge in [-0.05, 0) is 13.0 Å². The fraction of sp³-hybridized carbons (Fsp3) is 0.700. The quantitative estimate of drug-likeness (QED) is 0.328. The third-order valence-electron chi connectivity index (χ3n) is 5.42. The summed E-state index contributed by atoms with van der Waals surface area (Å²) < 4.78 is 7.07. The second kappa shape index (κ2) is 11.1. The van der Waals surface area contributed by atoms with Gasteiger partial charge in [-0.15, -0.1) is 0 Å². The first-order valence-corrected chi connectivity index (χ1v) is 10.8. The Morgan fingerprint density at radius 1 is 1.26 bits per heavy atom. The Kier molecular flexibility index (Phi) is 8.24. The van der Waals surface area contributed by atoms with Crippen molar-refractivity contribution in [1.82, 2.24) is 29.8 Å². The van der Waals surface area contributed by atoms with Crippen LogP contribution in [-0.2, 0) is 21.4 Å². The number of hydrogen-bond donors (Lipinski definition) is 1. The molecule has 2 saturated heterocycles. The van der Waals surface area contributed by atoms with Crippen LogP contribution < -0.4 is 10.2 Å². The fourth-order valence-electron chi connectivity index (χ4n) is 3.55. The molecule has 2 fully saturated rings. The summed E-state index contributed by atoms with van der Waals surface area (Å²) in [5.41, 5.74) is 0.798. The van der Waals surface area contributed by atoms with E-state index in [-0.39, 0.29) is 24.9 Å². The van der Waals surface area contributed by atoms with Gasteiger partial charge < -0.3 is 24.8 Å². The topological polar surface area (TPSA) is 98.5 Å². The van der Waals surface area contributed by atoms with E-state index in [0.29, 0.717) is 19.0 Å². The maximum Gasteiger partial charge on any atom is 0.246 e. The number of anilines is 1. The molecular formula is C20H34N8O3. The molecule has 1 aromatic rings. The number of aryl methyl sites for hydroxylation is 1. The van der Waals surface area contributed by atoms with Crippen molar-refractivity contribution in [3.63, 3.8) is 0 Å². The molecule has 0 aliphatic carbocycles. The number of guanidine groups is 1. The van der Waals surface area contributed by atoms with Gasteiger partial charge in [0.15, 0.2) is 5.96 Å². The first-order valence-electron chi connectivity index (χ1n) is 10.8. The van der Waals surface area contributed by atoms with E-state index in [1.807, 2.05) is 18.1 Å². The highest BCUT2D eigenvalue weighted by atomic mass is 16.5. The van der Waals surface area contributed by atoms with Gasteiger partial charge in [0.05, 0.1) is 25.1 Å². The molecule has 0 atom stereocenters. The molecule has 3 heterocycles. The average molecular weight is 435 g/mol. The number of carbonyl (C=O) groups is 2. The molecule has 0 saturated carbocycles. The summed E-state index contributed by atoms with van der Waals surface area (Å²) in [6.45, 7) is 6.64. The molecule has 3 rings (SSSR count). The predicted octanol–water partition coefficient (Wildman–Crippen LogP) is -1.18. The predicted molar refractivity (Wildman–Crippen MR) is 118 cm³/mol. The third-order valence-corrected chi connectivity index (χ3v) is 5.42. The molecule has 2 amide bonds. The number of morpholine rings is 1. The molecule has 0 bridgehead atoms. The summed E-state index contributed by atoms with van der Waals surface area (Å²) in [6, 6.07) is 0. The number of likely N-dealkylation sites (N-methyl/N-ethyl adjacent to an activating group) is 1. The second-order valence-electron chi connectivity index (χ2n) is 8.00. The summed E-state index contributed by atoms with van der Waals surface area (Å²) in [6.07, 6.45) is 4.48. The summed E-state index contributed by atoms with van der Waals surface area (Å²) in [7, 11) is 5.25. The molecule has 0 radical (unpaired) electrons. The number of piperazine rings is 1. The van der Waals surface area contributed by atoms with Crippen LogP contribution in [0.3, 0.4) is 0 Å². The molecule has 172 valence electrons. The third kappa shape index (κ3) is 6.66. The Labute approximate surface area is 183 Å². The fourth-order valence-corrected chi connectivity index (χ4v) is 3.55. The van der Waals surface area contributed by atoms with Gasteiger partial charge >= 0.3 is 0 Å². The van der Waals surface area contributed by atoms with E-state index in [0.717, 1.165) is 51.5 Å². The van der Waals surface area contributed by atoms with Crippen LogP contribution >= 0.6 is 0 Å². The van der Waals surface area contributed by atoms with Gasteiger partial charge in [-0.1, -0.05) is 0 Å². The van der Waals surface area contributed by atoms with Gasteiger partial charge in [-0.3, -0.25) is 19.2 Å². The Hall–Kier alpha value is -2.66. The largest absolute Gasteiger partial charge is 0.379 e. The smallest absolute Gasteiger partial charge is 0.246 e. The van der Waals surface area contributed by atoms with Crippen LogP contribution in [0.2, 0.25) is 0 Å². The van der Waals surface area contributed by atoms with Crippen LogP contribution in [0.15, 0.2) is 17.4 Å². The Morgan fingerprint density at radius 3 is 2.68 bits per heavy atom. The van der Waals surface area contributed by atoms with Crippen molar-refractivity contribution in [1.29, 1.82) is 0 Å². The van der Waals surface area contributed by atoms with E-state index in [1.165, 1.54) is 4.90 Å². The van der Waals surface area contributed by atoms with Gasteiger partial charge in [-0.2, -0.15) is 5.10 Å². The maximum atomic E-state index is 12.8. The summed E-state index contributed by atoms with van der Waals surface area (Å²) >= 11 is 0.